The number of pyridine rings is 2. The minimum Gasteiger partial charge on any atom is -0.383 e. The third-order valence-corrected chi connectivity index (χ3v) is 2.66. The fourth-order valence-corrected chi connectivity index (χ4v) is 1.73. The summed E-state index contributed by atoms with van der Waals surface area (Å²) < 4.78 is 0. The van der Waals surface area contributed by atoms with Gasteiger partial charge < -0.3 is 11.1 Å². The molecule has 3 aromatic rings. The Morgan fingerprint density at radius 3 is 2.35 bits per heavy atom. The van der Waals surface area contributed by atoms with Crippen molar-refractivity contribution in [3.8, 4) is 11.3 Å². The van der Waals surface area contributed by atoms with Crippen LogP contribution in [0.15, 0.2) is 55.0 Å². The van der Waals surface area contributed by atoms with Gasteiger partial charge in [0.2, 0.25) is 5.95 Å². The summed E-state index contributed by atoms with van der Waals surface area (Å²) in [6.07, 6.45) is 5.04. The van der Waals surface area contributed by atoms with E-state index in [0.717, 1.165) is 5.69 Å². The summed E-state index contributed by atoms with van der Waals surface area (Å²) in [4.78, 5) is 16.8. The Morgan fingerprint density at radius 1 is 0.900 bits per heavy atom. The zero-order valence-corrected chi connectivity index (χ0v) is 10.6. The van der Waals surface area contributed by atoms with E-state index in [1.807, 2.05) is 36.4 Å². The van der Waals surface area contributed by atoms with Crippen LogP contribution in [-0.2, 0) is 0 Å². The minimum atomic E-state index is 0.372. The molecule has 6 heteroatoms. The number of rotatable bonds is 3. The van der Waals surface area contributed by atoms with Crippen LogP contribution in [0.5, 0.6) is 0 Å². The van der Waals surface area contributed by atoms with E-state index in [4.69, 9.17) is 5.73 Å². The third kappa shape index (κ3) is 2.54. The summed E-state index contributed by atoms with van der Waals surface area (Å²) in [7, 11) is 0. The van der Waals surface area contributed by atoms with Gasteiger partial charge in [0.25, 0.3) is 0 Å². The second-order valence-corrected chi connectivity index (χ2v) is 4.05. The average Bonchev–Trinajstić information content (AvgIpc) is 2.49. The van der Waals surface area contributed by atoms with Gasteiger partial charge in [-0.25, -0.2) is 9.97 Å². The normalized spacial score (nSPS) is 10.2. The molecule has 0 unspecified atom stereocenters. The number of aromatic nitrogens is 4. The van der Waals surface area contributed by atoms with Gasteiger partial charge in [-0.15, -0.1) is 0 Å². The Balaban J connectivity index is 1.88. The summed E-state index contributed by atoms with van der Waals surface area (Å²) in [6.45, 7) is 0. The zero-order valence-electron chi connectivity index (χ0n) is 10.6. The van der Waals surface area contributed by atoms with Gasteiger partial charge in [-0.3, -0.25) is 4.98 Å². The van der Waals surface area contributed by atoms with E-state index >= 15 is 0 Å². The van der Waals surface area contributed by atoms with Crippen LogP contribution in [0.2, 0.25) is 0 Å². The van der Waals surface area contributed by atoms with Gasteiger partial charge in [0.1, 0.15) is 11.6 Å². The Bertz CT molecular complexity index is 699. The summed E-state index contributed by atoms with van der Waals surface area (Å²) in [5.41, 5.74) is 7.41. The van der Waals surface area contributed by atoms with E-state index < -0.39 is 0 Å². The molecule has 0 radical (unpaired) electrons. The Hall–Kier alpha value is -3.02. The van der Waals surface area contributed by atoms with Crippen LogP contribution in [0.4, 0.5) is 17.6 Å². The molecule has 0 aromatic carbocycles. The minimum absolute atomic E-state index is 0.372. The van der Waals surface area contributed by atoms with Crippen molar-refractivity contribution < 1.29 is 0 Å². The van der Waals surface area contributed by atoms with E-state index in [9.17, 15) is 0 Å². The fraction of sp³-hybridized carbons (Fsp3) is 0. The van der Waals surface area contributed by atoms with Gasteiger partial charge in [-0.1, -0.05) is 12.1 Å². The van der Waals surface area contributed by atoms with Crippen LogP contribution in [0.3, 0.4) is 0 Å². The maximum atomic E-state index is 5.96. The summed E-state index contributed by atoms with van der Waals surface area (Å²) in [5.74, 6) is 1.44. The monoisotopic (exact) mass is 264 g/mol. The van der Waals surface area contributed by atoms with Gasteiger partial charge in [0.05, 0.1) is 11.3 Å². The lowest BCUT2D eigenvalue weighted by Crippen LogP contribution is -2.03. The largest absolute Gasteiger partial charge is 0.383 e. The molecule has 3 rings (SSSR count). The highest BCUT2D eigenvalue weighted by Crippen LogP contribution is 2.22. The molecule has 0 aliphatic heterocycles. The van der Waals surface area contributed by atoms with Crippen molar-refractivity contribution in [2.24, 2.45) is 0 Å². The van der Waals surface area contributed by atoms with Crippen molar-refractivity contribution in [3.63, 3.8) is 0 Å². The topological polar surface area (TPSA) is 89.6 Å². The average molecular weight is 264 g/mol. The molecule has 0 amide bonds. The van der Waals surface area contributed by atoms with Crippen molar-refractivity contribution in [3.05, 3.63) is 55.0 Å². The maximum absolute atomic E-state index is 5.96. The van der Waals surface area contributed by atoms with Crippen LogP contribution in [0.1, 0.15) is 0 Å². The first kappa shape index (κ1) is 12.0. The van der Waals surface area contributed by atoms with E-state index in [0.29, 0.717) is 23.1 Å². The molecule has 3 N–H and O–H groups in total. The predicted octanol–water partition coefficient (Wildman–Crippen LogP) is 2.26. The van der Waals surface area contributed by atoms with Gasteiger partial charge in [-0.2, -0.15) is 4.98 Å². The van der Waals surface area contributed by atoms with E-state index in [1.165, 1.54) is 0 Å². The first-order valence-electron chi connectivity index (χ1n) is 6.05. The standard InChI is InChI=1S/C14H12N6/c15-13-10(11-5-1-3-7-16-11)9-18-14(20-13)19-12-6-2-4-8-17-12/h1-9H,(H3,15,17,18,19,20). The number of nitrogen functional groups attached to an aromatic ring is 1. The molecule has 0 spiro atoms. The highest BCUT2D eigenvalue weighted by Gasteiger charge is 2.07. The lowest BCUT2D eigenvalue weighted by Gasteiger charge is -2.07. The number of nitrogens with zero attached hydrogens (tertiary/aromatic N) is 4. The molecule has 0 aliphatic carbocycles. The molecule has 0 atom stereocenters. The molecular weight excluding hydrogens is 252 g/mol. The van der Waals surface area contributed by atoms with E-state index in [-0.39, 0.29) is 0 Å². The molecule has 20 heavy (non-hydrogen) atoms. The number of hydrogen-bond donors (Lipinski definition) is 2. The second kappa shape index (κ2) is 5.31. The zero-order chi connectivity index (χ0) is 13.8. The highest BCUT2D eigenvalue weighted by molar-refractivity contribution is 5.71. The van der Waals surface area contributed by atoms with Gasteiger partial charge >= 0.3 is 0 Å². The first-order chi connectivity index (χ1) is 9.83. The molecular formula is C14H12N6. The first-order valence-corrected chi connectivity index (χ1v) is 6.05. The predicted molar refractivity (Wildman–Crippen MR) is 77.2 cm³/mol. The third-order valence-electron chi connectivity index (χ3n) is 2.66. The molecule has 6 nitrogen and oxygen atoms in total. The molecule has 0 saturated heterocycles. The van der Waals surface area contributed by atoms with Gasteiger partial charge in [0.15, 0.2) is 0 Å². The summed E-state index contributed by atoms with van der Waals surface area (Å²) in [6, 6.07) is 11.1. The molecule has 0 saturated carbocycles. The SMILES string of the molecule is Nc1nc(Nc2ccccn2)ncc1-c1ccccn1. The Kier molecular flexibility index (Phi) is 3.20. The summed E-state index contributed by atoms with van der Waals surface area (Å²) in [5, 5.41) is 2.99. The molecule has 0 aliphatic rings. The van der Waals surface area contributed by atoms with Crippen LogP contribution in [-0.4, -0.2) is 19.9 Å². The van der Waals surface area contributed by atoms with Crippen LogP contribution in [0, 0.1) is 0 Å². The molecule has 0 bridgehead atoms. The van der Waals surface area contributed by atoms with Crippen LogP contribution >= 0.6 is 0 Å². The van der Waals surface area contributed by atoms with Crippen molar-refractivity contribution in [2.75, 3.05) is 11.1 Å². The number of nitrogens with two attached hydrogens (primary N) is 1. The molecule has 98 valence electrons. The van der Waals surface area contributed by atoms with Crippen molar-refractivity contribution in [1.82, 2.24) is 19.9 Å². The van der Waals surface area contributed by atoms with Gasteiger partial charge in [-0.05, 0) is 24.3 Å². The number of nitrogens with one attached hydrogen (secondary N) is 1. The lowest BCUT2D eigenvalue weighted by molar-refractivity contribution is 1.15. The quantitative estimate of drug-likeness (QED) is 0.754. The Labute approximate surface area is 115 Å². The van der Waals surface area contributed by atoms with Crippen LogP contribution < -0.4 is 11.1 Å². The number of anilines is 3. The Morgan fingerprint density at radius 2 is 1.70 bits per heavy atom. The van der Waals surface area contributed by atoms with Crippen molar-refractivity contribution in [1.29, 1.82) is 0 Å². The highest BCUT2D eigenvalue weighted by atomic mass is 15.1. The molecule has 0 fully saturated rings. The fourth-order valence-electron chi connectivity index (χ4n) is 1.73. The number of hydrogen-bond acceptors (Lipinski definition) is 6. The second-order valence-electron chi connectivity index (χ2n) is 4.05. The van der Waals surface area contributed by atoms with Crippen molar-refractivity contribution in [2.45, 2.75) is 0 Å². The molecule has 3 heterocycles. The maximum Gasteiger partial charge on any atom is 0.230 e. The summed E-state index contributed by atoms with van der Waals surface area (Å²) >= 11 is 0. The van der Waals surface area contributed by atoms with E-state index in [2.05, 4.69) is 25.3 Å². The lowest BCUT2D eigenvalue weighted by atomic mass is 10.2. The molecule has 3 aromatic heterocycles. The smallest absolute Gasteiger partial charge is 0.230 e. The van der Waals surface area contributed by atoms with Crippen molar-refractivity contribution >= 4 is 17.6 Å². The van der Waals surface area contributed by atoms with Gasteiger partial charge in [0, 0.05) is 18.6 Å². The van der Waals surface area contributed by atoms with Crippen LogP contribution in [0.25, 0.3) is 11.3 Å². The van der Waals surface area contributed by atoms with E-state index in [1.54, 1.807) is 18.6 Å².